The van der Waals surface area contributed by atoms with Gasteiger partial charge in [-0.3, -0.25) is 14.4 Å². The van der Waals surface area contributed by atoms with Gasteiger partial charge in [0.25, 0.3) is 0 Å². The Morgan fingerprint density at radius 3 is 2.23 bits per heavy atom. The molecule has 1 aromatic rings. The summed E-state index contributed by atoms with van der Waals surface area (Å²) < 4.78 is 43.0. The molecule has 1 aliphatic carbocycles. The second-order valence-electron chi connectivity index (χ2n) is 7.31. The number of ether oxygens (including phenoxy) is 1. The summed E-state index contributed by atoms with van der Waals surface area (Å²) in [5.41, 5.74) is -0.338. The molecule has 6 nitrogen and oxygen atoms in total. The minimum Gasteiger partial charge on any atom is -0.507 e. The van der Waals surface area contributed by atoms with E-state index in [1.54, 1.807) is 19.9 Å². The Balaban J connectivity index is 2.41. The van der Waals surface area contributed by atoms with Crippen molar-refractivity contribution in [1.82, 2.24) is 0 Å². The minimum absolute atomic E-state index is 0.0629. The summed E-state index contributed by atoms with van der Waals surface area (Å²) in [6, 6.07) is 2.09. The molecular formula is C21H21F3O6. The molecule has 2 atom stereocenters. The molecule has 0 saturated heterocycles. The average Bonchev–Trinajstić information content (AvgIpc) is 2.61. The fourth-order valence-electron chi connectivity index (χ4n) is 2.99. The van der Waals surface area contributed by atoms with Crippen molar-refractivity contribution >= 4 is 17.5 Å². The van der Waals surface area contributed by atoms with Crippen LogP contribution >= 0.6 is 0 Å². The van der Waals surface area contributed by atoms with E-state index < -0.39 is 59.2 Å². The lowest BCUT2D eigenvalue weighted by molar-refractivity contribution is -0.168. The van der Waals surface area contributed by atoms with Crippen molar-refractivity contribution in [2.45, 2.75) is 45.9 Å². The van der Waals surface area contributed by atoms with E-state index in [4.69, 9.17) is 4.74 Å². The van der Waals surface area contributed by atoms with E-state index in [-0.39, 0.29) is 17.6 Å². The third-order valence-electron chi connectivity index (χ3n) is 4.47. The summed E-state index contributed by atoms with van der Waals surface area (Å²) in [7, 11) is 0. The zero-order chi connectivity index (χ0) is 22.8. The lowest BCUT2D eigenvalue weighted by Crippen LogP contribution is -2.32. The number of phenolic OH excluding ortho intramolecular Hbond substituents is 2. The first-order chi connectivity index (χ1) is 13.8. The number of benzene rings is 1. The van der Waals surface area contributed by atoms with Crippen molar-refractivity contribution in [2.75, 3.05) is 0 Å². The highest BCUT2D eigenvalue weighted by Gasteiger charge is 2.38. The molecule has 0 amide bonds. The third-order valence-corrected chi connectivity index (χ3v) is 4.47. The second-order valence-corrected chi connectivity index (χ2v) is 7.31. The Morgan fingerprint density at radius 1 is 1.13 bits per heavy atom. The molecule has 0 aliphatic heterocycles. The van der Waals surface area contributed by atoms with Crippen LogP contribution in [0.5, 0.6) is 11.5 Å². The van der Waals surface area contributed by atoms with Gasteiger partial charge in [0.1, 0.15) is 17.6 Å². The number of halogens is 3. The van der Waals surface area contributed by atoms with Crippen molar-refractivity contribution in [3.8, 4) is 11.5 Å². The van der Waals surface area contributed by atoms with E-state index in [0.717, 1.165) is 30.7 Å². The van der Waals surface area contributed by atoms with Gasteiger partial charge in [0.15, 0.2) is 11.6 Å². The van der Waals surface area contributed by atoms with Crippen molar-refractivity contribution < 1.29 is 42.5 Å². The summed E-state index contributed by atoms with van der Waals surface area (Å²) in [6.45, 7) is 4.51. The molecule has 0 spiro atoms. The summed E-state index contributed by atoms with van der Waals surface area (Å²) in [5.74, 6) is -5.40. The number of ketones is 2. The Kier molecular flexibility index (Phi) is 6.74. The van der Waals surface area contributed by atoms with Crippen LogP contribution in [-0.2, 0) is 9.53 Å². The smallest absolute Gasteiger partial charge is 0.389 e. The number of rotatable bonds is 6. The van der Waals surface area contributed by atoms with Crippen LogP contribution in [0.15, 0.2) is 35.4 Å². The van der Waals surface area contributed by atoms with Gasteiger partial charge in [0.2, 0.25) is 0 Å². The van der Waals surface area contributed by atoms with Crippen molar-refractivity contribution in [3.05, 3.63) is 46.6 Å². The molecule has 1 aliphatic rings. The molecule has 2 rings (SSSR count). The van der Waals surface area contributed by atoms with E-state index in [9.17, 15) is 37.8 Å². The minimum atomic E-state index is -4.58. The van der Waals surface area contributed by atoms with Gasteiger partial charge in [-0.15, -0.1) is 0 Å². The van der Waals surface area contributed by atoms with Crippen LogP contribution in [-0.4, -0.2) is 40.0 Å². The summed E-state index contributed by atoms with van der Waals surface area (Å²) in [6.07, 6.45) is -4.91. The number of allylic oxidation sites excluding steroid dienone is 2. The number of esters is 1. The van der Waals surface area contributed by atoms with Gasteiger partial charge in [-0.1, -0.05) is 18.6 Å². The number of phenols is 2. The summed E-state index contributed by atoms with van der Waals surface area (Å²) in [4.78, 5) is 37.6. The summed E-state index contributed by atoms with van der Waals surface area (Å²) in [5, 5.41) is 19.9. The SMILES string of the molecule is CC(C)=CC[C@@H](OC(=O)C(C)CC(F)(F)F)C1=CC(=O)c2c(O)ccc(O)c2C1=O. The Morgan fingerprint density at radius 2 is 1.70 bits per heavy atom. The van der Waals surface area contributed by atoms with E-state index in [2.05, 4.69) is 0 Å². The molecule has 0 heterocycles. The van der Waals surface area contributed by atoms with Crippen LogP contribution in [0.4, 0.5) is 13.2 Å². The normalized spacial score (nSPS) is 15.7. The largest absolute Gasteiger partial charge is 0.507 e. The fourth-order valence-corrected chi connectivity index (χ4v) is 2.99. The maximum absolute atomic E-state index is 12.9. The quantitative estimate of drug-likeness (QED) is 0.401. The zero-order valence-electron chi connectivity index (χ0n) is 16.5. The molecule has 30 heavy (non-hydrogen) atoms. The molecule has 0 fully saturated rings. The molecule has 0 bridgehead atoms. The molecule has 0 radical (unpaired) electrons. The van der Waals surface area contributed by atoms with Crippen molar-refractivity contribution in [3.63, 3.8) is 0 Å². The van der Waals surface area contributed by atoms with Crippen LogP contribution in [0.25, 0.3) is 0 Å². The van der Waals surface area contributed by atoms with E-state index in [0.29, 0.717) is 0 Å². The number of Topliss-reactive ketones (excluding diaryl/α,β-unsaturated/α-hetero) is 1. The molecule has 162 valence electrons. The molecule has 9 heteroatoms. The number of carbonyl (C=O) groups is 3. The Bertz CT molecular complexity index is 939. The van der Waals surface area contributed by atoms with Crippen LogP contribution in [0.3, 0.4) is 0 Å². The van der Waals surface area contributed by atoms with Crippen LogP contribution in [0, 0.1) is 5.92 Å². The Labute approximate surface area is 170 Å². The summed E-state index contributed by atoms with van der Waals surface area (Å²) >= 11 is 0. The first-order valence-electron chi connectivity index (χ1n) is 9.08. The highest BCUT2D eigenvalue weighted by atomic mass is 19.4. The third kappa shape index (κ3) is 5.28. The predicted octanol–water partition coefficient (Wildman–Crippen LogP) is 4.26. The topological polar surface area (TPSA) is 101 Å². The van der Waals surface area contributed by atoms with Crippen LogP contribution in [0.1, 0.15) is 54.3 Å². The lowest BCUT2D eigenvalue weighted by atomic mass is 9.85. The van der Waals surface area contributed by atoms with Gasteiger partial charge in [0, 0.05) is 12.0 Å². The first kappa shape index (κ1) is 23.2. The van der Waals surface area contributed by atoms with Crippen LogP contribution in [0.2, 0.25) is 0 Å². The molecule has 0 saturated carbocycles. The van der Waals surface area contributed by atoms with Gasteiger partial charge >= 0.3 is 12.1 Å². The van der Waals surface area contributed by atoms with Crippen molar-refractivity contribution in [1.29, 1.82) is 0 Å². The van der Waals surface area contributed by atoms with Gasteiger partial charge in [-0.05, 0) is 32.1 Å². The number of fused-ring (bicyclic) bond motifs is 1. The second kappa shape index (κ2) is 8.73. The van der Waals surface area contributed by atoms with Crippen LogP contribution < -0.4 is 0 Å². The molecular weight excluding hydrogens is 405 g/mol. The van der Waals surface area contributed by atoms with E-state index >= 15 is 0 Å². The molecule has 1 unspecified atom stereocenters. The lowest BCUT2D eigenvalue weighted by Gasteiger charge is -2.25. The standard InChI is InChI=1S/C21H21F3O6/c1-10(2)4-7-16(30-20(29)11(3)9-21(22,23)24)12-8-15(27)17-13(25)5-6-14(26)18(17)19(12)28/h4-6,8,11,16,25-26H,7,9H2,1-3H3/t11?,16-/m1/s1. The van der Waals surface area contributed by atoms with Gasteiger partial charge in [-0.25, -0.2) is 0 Å². The number of alkyl halides is 3. The van der Waals surface area contributed by atoms with E-state index in [1.807, 2.05) is 0 Å². The van der Waals surface area contributed by atoms with Gasteiger partial charge < -0.3 is 14.9 Å². The highest BCUT2D eigenvalue weighted by Crippen LogP contribution is 2.36. The Hall–Kier alpha value is -3.10. The number of aromatic hydroxyl groups is 2. The van der Waals surface area contributed by atoms with E-state index in [1.165, 1.54) is 0 Å². The first-order valence-corrected chi connectivity index (χ1v) is 9.08. The average molecular weight is 426 g/mol. The maximum Gasteiger partial charge on any atom is 0.389 e. The fraction of sp³-hybridized carbons (Fsp3) is 0.381. The monoisotopic (exact) mass is 426 g/mol. The predicted molar refractivity (Wildman–Crippen MR) is 100 cm³/mol. The zero-order valence-corrected chi connectivity index (χ0v) is 16.5. The maximum atomic E-state index is 12.9. The van der Waals surface area contributed by atoms with Gasteiger partial charge in [0.05, 0.1) is 23.5 Å². The number of hydrogen-bond acceptors (Lipinski definition) is 6. The molecule has 2 N–H and O–H groups in total. The number of carbonyl (C=O) groups excluding carboxylic acids is 3. The number of hydrogen-bond donors (Lipinski definition) is 2. The van der Waals surface area contributed by atoms with Crippen molar-refractivity contribution in [2.24, 2.45) is 5.92 Å². The highest BCUT2D eigenvalue weighted by molar-refractivity contribution is 6.27. The molecule has 0 aromatic heterocycles. The van der Waals surface area contributed by atoms with Gasteiger partial charge in [-0.2, -0.15) is 13.2 Å². The molecule has 1 aromatic carbocycles.